The van der Waals surface area contributed by atoms with E-state index in [1.807, 2.05) is 24.6 Å². The maximum absolute atomic E-state index is 4.62. The molecular formula is C20H28IN7. The SMILES string of the molecule is C=CCNC(=NCc1nnc(C)n1C)NCCc1c(C)[nH]c2ccccc12.I. The van der Waals surface area contributed by atoms with Gasteiger partial charge in [-0.25, -0.2) is 4.99 Å². The molecular weight excluding hydrogens is 465 g/mol. The summed E-state index contributed by atoms with van der Waals surface area (Å²) < 4.78 is 1.95. The van der Waals surface area contributed by atoms with Gasteiger partial charge in [0.2, 0.25) is 0 Å². The van der Waals surface area contributed by atoms with Gasteiger partial charge in [0.1, 0.15) is 12.4 Å². The molecule has 150 valence electrons. The Bertz CT molecular complexity index is 955. The fourth-order valence-corrected chi connectivity index (χ4v) is 3.04. The third kappa shape index (κ3) is 5.12. The lowest BCUT2D eigenvalue weighted by atomic mass is 10.1. The number of H-pyrrole nitrogens is 1. The molecule has 0 amide bonds. The lowest BCUT2D eigenvalue weighted by Gasteiger charge is -2.11. The molecule has 2 aromatic heterocycles. The summed E-state index contributed by atoms with van der Waals surface area (Å²) in [4.78, 5) is 8.07. The Morgan fingerprint density at radius 3 is 2.75 bits per heavy atom. The fourth-order valence-electron chi connectivity index (χ4n) is 3.04. The van der Waals surface area contributed by atoms with Gasteiger partial charge < -0.3 is 20.2 Å². The standard InChI is InChI=1S/C20H27N7.HI/c1-5-11-21-20(23-13-19-26-25-15(3)27(19)4)22-12-10-16-14(2)24-18-9-7-6-8-17(16)18;/h5-9,24H,1,10-13H2,2-4H3,(H2,21,22,23);1H. The van der Waals surface area contributed by atoms with Crippen molar-refractivity contribution in [2.75, 3.05) is 13.1 Å². The quantitative estimate of drug-likeness (QED) is 0.205. The molecule has 2 heterocycles. The van der Waals surface area contributed by atoms with Gasteiger partial charge in [0.05, 0.1) is 0 Å². The van der Waals surface area contributed by atoms with Crippen LogP contribution in [0.4, 0.5) is 0 Å². The monoisotopic (exact) mass is 493 g/mol. The van der Waals surface area contributed by atoms with Crippen LogP contribution in [0.25, 0.3) is 10.9 Å². The van der Waals surface area contributed by atoms with Crippen LogP contribution in [0.1, 0.15) is 22.9 Å². The second-order valence-corrected chi connectivity index (χ2v) is 6.51. The number of nitrogens with zero attached hydrogens (tertiary/aromatic N) is 4. The van der Waals surface area contributed by atoms with Gasteiger partial charge >= 0.3 is 0 Å². The zero-order valence-corrected chi connectivity index (χ0v) is 18.9. The van der Waals surface area contributed by atoms with E-state index in [4.69, 9.17) is 0 Å². The molecule has 0 bridgehead atoms. The van der Waals surface area contributed by atoms with Crippen LogP contribution in [-0.2, 0) is 20.0 Å². The summed E-state index contributed by atoms with van der Waals surface area (Å²) in [5, 5.41) is 16.2. The first-order valence-electron chi connectivity index (χ1n) is 9.14. The topological polar surface area (TPSA) is 82.9 Å². The average Bonchev–Trinajstić information content (AvgIpc) is 3.16. The van der Waals surface area contributed by atoms with E-state index in [0.717, 1.165) is 30.6 Å². The Morgan fingerprint density at radius 2 is 2.04 bits per heavy atom. The first-order valence-corrected chi connectivity index (χ1v) is 9.14. The van der Waals surface area contributed by atoms with Gasteiger partial charge in [-0.05, 0) is 31.9 Å². The Balaban J connectivity index is 0.00000280. The number of para-hydroxylation sites is 1. The lowest BCUT2D eigenvalue weighted by molar-refractivity contribution is 0.757. The van der Waals surface area contributed by atoms with E-state index in [1.165, 1.54) is 22.2 Å². The Kier molecular flexibility index (Phi) is 8.04. The summed E-state index contributed by atoms with van der Waals surface area (Å²) in [6.45, 7) is 9.71. The van der Waals surface area contributed by atoms with Crippen molar-refractivity contribution in [2.45, 2.75) is 26.8 Å². The molecule has 3 aromatic rings. The minimum Gasteiger partial charge on any atom is -0.358 e. The van der Waals surface area contributed by atoms with Crippen LogP contribution in [0.2, 0.25) is 0 Å². The third-order valence-corrected chi connectivity index (χ3v) is 4.67. The number of aromatic nitrogens is 4. The Labute approximate surface area is 182 Å². The van der Waals surface area contributed by atoms with Crippen molar-refractivity contribution in [3.05, 3.63) is 59.8 Å². The predicted octanol–water partition coefficient (Wildman–Crippen LogP) is 3.00. The number of hydrogen-bond donors (Lipinski definition) is 3. The van der Waals surface area contributed by atoms with E-state index in [9.17, 15) is 0 Å². The van der Waals surface area contributed by atoms with Crippen LogP contribution in [0.3, 0.4) is 0 Å². The molecule has 3 N–H and O–H groups in total. The van der Waals surface area contributed by atoms with Crippen LogP contribution in [0, 0.1) is 13.8 Å². The van der Waals surface area contributed by atoms with Gasteiger partial charge in [0.15, 0.2) is 11.8 Å². The first-order chi connectivity index (χ1) is 13.1. The molecule has 0 unspecified atom stereocenters. The Hall–Kier alpha value is -2.36. The number of hydrogen-bond acceptors (Lipinski definition) is 3. The summed E-state index contributed by atoms with van der Waals surface area (Å²) in [7, 11) is 1.95. The fraction of sp³-hybridized carbons (Fsp3) is 0.350. The van der Waals surface area contributed by atoms with Crippen molar-refractivity contribution in [3.63, 3.8) is 0 Å². The second-order valence-electron chi connectivity index (χ2n) is 6.51. The van der Waals surface area contributed by atoms with E-state index >= 15 is 0 Å². The molecule has 0 aliphatic rings. The molecule has 0 saturated carbocycles. The van der Waals surface area contributed by atoms with Crippen LogP contribution in [-0.4, -0.2) is 38.8 Å². The maximum atomic E-state index is 4.62. The molecule has 0 aliphatic carbocycles. The van der Waals surface area contributed by atoms with Crippen molar-refractivity contribution < 1.29 is 0 Å². The molecule has 0 aliphatic heterocycles. The molecule has 7 nitrogen and oxygen atoms in total. The number of aromatic amines is 1. The molecule has 0 atom stereocenters. The number of fused-ring (bicyclic) bond motifs is 1. The van der Waals surface area contributed by atoms with Gasteiger partial charge in [-0.15, -0.1) is 40.8 Å². The predicted molar refractivity (Wildman–Crippen MR) is 125 cm³/mol. The zero-order chi connectivity index (χ0) is 19.2. The number of guanidine groups is 1. The third-order valence-electron chi connectivity index (χ3n) is 4.67. The van der Waals surface area contributed by atoms with Crippen LogP contribution < -0.4 is 10.6 Å². The average molecular weight is 493 g/mol. The van der Waals surface area contributed by atoms with E-state index in [-0.39, 0.29) is 24.0 Å². The van der Waals surface area contributed by atoms with E-state index < -0.39 is 0 Å². The van der Waals surface area contributed by atoms with Crippen LogP contribution in [0.15, 0.2) is 41.9 Å². The molecule has 0 spiro atoms. The van der Waals surface area contributed by atoms with Crippen LogP contribution in [0.5, 0.6) is 0 Å². The van der Waals surface area contributed by atoms with Crippen molar-refractivity contribution in [2.24, 2.45) is 12.0 Å². The van der Waals surface area contributed by atoms with E-state index in [1.54, 1.807) is 0 Å². The maximum Gasteiger partial charge on any atom is 0.191 e. The number of aryl methyl sites for hydroxylation is 2. The van der Waals surface area contributed by atoms with Gasteiger partial charge in [-0.1, -0.05) is 24.3 Å². The number of nitrogens with one attached hydrogen (secondary N) is 3. The number of rotatable bonds is 7. The molecule has 0 fully saturated rings. The molecule has 0 saturated heterocycles. The molecule has 1 aromatic carbocycles. The number of halogens is 1. The highest BCUT2D eigenvalue weighted by atomic mass is 127. The van der Waals surface area contributed by atoms with E-state index in [0.29, 0.717) is 13.1 Å². The van der Waals surface area contributed by atoms with Gasteiger partial charge in [0, 0.05) is 36.7 Å². The van der Waals surface area contributed by atoms with Gasteiger partial charge in [-0.3, -0.25) is 0 Å². The second kappa shape index (κ2) is 10.3. The first kappa shape index (κ1) is 21.9. The van der Waals surface area contributed by atoms with Crippen molar-refractivity contribution in [1.82, 2.24) is 30.4 Å². The molecule has 0 radical (unpaired) electrons. The summed E-state index contributed by atoms with van der Waals surface area (Å²) in [5.41, 5.74) is 3.73. The highest BCUT2D eigenvalue weighted by Crippen LogP contribution is 2.21. The normalized spacial score (nSPS) is 11.3. The van der Waals surface area contributed by atoms with Crippen molar-refractivity contribution in [1.29, 1.82) is 0 Å². The molecule has 8 heteroatoms. The smallest absolute Gasteiger partial charge is 0.191 e. The number of aliphatic imine (C=N–C) groups is 1. The van der Waals surface area contributed by atoms with Crippen molar-refractivity contribution >= 4 is 40.8 Å². The van der Waals surface area contributed by atoms with Crippen molar-refractivity contribution in [3.8, 4) is 0 Å². The summed E-state index contributed by atoms with van der Waals surface area (Å²) in [6, 6.07) is 8.41. The van der Waals surface area contributed by atoms with Gasteiger partial charge in [0.25, 0.3) is 0 Å². The van der Waals surface area contributed by atoms with E-state index in [2.05, 4.69) is 68.6 Å². The summed E-state index contributed by atoms with van der Waals surface area (Å²) in [6.07, 6.45) is 2.72. The lowest BCUT2D eigenvalue weighted by Crippen LogP contribution is -2.38. The zero-order valence-electron chi connectivity index (χ0n) is 16.6. The minimum atomic E-state index is 0. The Morgan fingerprint density at radius 1 is 1.25 bits per heavy atom. The van der Waals surface area contributed by atoms with Gasteiger partial charge in [-0.2, -0.15) is 0 Å². The molecule has 3 rings (SSSR count). The minimum absolute atomic E-state index is 0. The number of benzene rings is 1. The summed E-state index contributed by atoms with van der Waals surface area (Å²) in [5.74, 6) is 2.45. The highest BCUT2D eigenvalue weighted by molar-refractivity contribution is 14.0. The summed E-state index contributed by atoms with van der Waals surface area (Å²) >= 11 is 0. The molecule has 28 heavy (non-hydrogen) atoms. The largest absolute Gasteiger partial charge is 0.358 e. The van der Waals surface area contributed by atoms with Crippen LogP contribution >= 0.6 is 24.0 Å². The highest BCUT2D eigenvalue weighted by Gasteiger charge is 2.08.